The maximum atomic E-state index is 5.67. The number of methoxy groups -OCH3 is 1. The molecule has 0 saturated carbocycles. The molecule has 26 heavy (non-hydrogen) atoms. The molecule has 0 atom stereocenters. The first kappa shape index (κ1) is 19.3. The SMILES string of the molecule is C#CCOc1c(CC=C)cc(CNc2ccc(OCC)cc2)cc1OC. The second-order valence-electron chi connectivity index (χ2n) is 5.58. The number of terminal acetylenes is 1. The summed E-state index contributed by atoms with van der Waals surface area (Å²) in [6.45, 7) is 7.30. The van der Waals surface area contributed by atoms with Crippen LogP contribution in [0.5, 0.6) is 17.2 Å². The number of allylic oxidation sites excluding steroid dienone is 1. The molecule has 0 unspecified atom stereocenters. The summed E-state index contributed by atoms with van der Waals surface area (Å²) in [5, 5.41) is 3.40. The largest absolute Gasteiger partial charge is 0.494 e. The van der Waals surface area contributed by atoms with Gasteiger partial charge in [0.15, 0.2) is 11.5 Å². The van der Waals surface area contributed by atoms with Crippen molar-refractivity contribution >= 4 is 5.69 Å². The summed E-state index contributed by atoms with van der Waals surface area (Å²) in [5.74, 6) is 4.69. The van der Waals surface area contributed by atoms with Crippen molar-refractivity contribution in [3.63, 3.8) is 0 Å². The van der Waals surface area contributed by atoms with Gasteiger partial charge in [-0.1, -0.05) is 12.0 Å². The number of nitrogens with one attached hydrogen (secondary N) is 1. The van der Waals surface area contributed by atoms with E-state index in [1.807, 2.05) is 43.3 Å². The molecule has 2 aromatic carbocycles. The third-order valence-corrected chi connectivity index (χ3v) is 3.74. The molecule has 0 aliphatic carbocycles. The van der Waals surface area contributed by atoms with Gasteiger partial charge >= 0.3 is 0 Å². The van der Waals surface area contributed by atoms with Crippen LogP contribution in [0.15, 0.2) is 49.1 Å². The van der Waals surface area contributed by atoms with Gasteiger partial charge in [-0.2, -0.15) is 0 Å². The van der Waals surface area contributed by atoms with Crippen molar-refractivity contribution in [3.05, 3.63) is 60.2 Å². The highest BCUT2D eigenvalue weighted by Crippen LogP contribution is 2.34. The normalized spacial score (nSPS) is 9.88. The van der Waals surface area contributed by atoms with E-state index in [9.17, 15) is 0 Å². The molecule has 136 valence electrons. The Morgan fingerprint density at radius 1 is 1.19 bits per heavy atom. The number of hydrogen-bond acceptors (Lipinski definition) is 4. The first-order valence-electron chi connectivity index (χ1n) is 8.55. The Morgan fingerprint density at radius 3 is 2.58 bits per heavy atom. The predicted molar refractivity (Wildman–Crippen MR) is 106 cm³/mol. The Morgan fingerprint density at radius 2 is 1.96 bits per heavy atom. The maximum Gasteiger partial charge on any atom is 0.166 e. The van der Waals surface area contributed by atoms with Crippen LogP contribution in [0.4, 0.5) is 5.69 Å². The standard InChI is InChI=1S/C22H25NO3/c1-5-8-18-14-17(15-21(24-4)22(18)26-13-6-2)16-23-19-9-11-20(12-10-19)25-7-3/h2,5,9-12,14-15,23H,1,7-8,13,16H2,3-4H3. The van der Waals surface area contributed by atoms with Gasteiger partial charge in [0.05, 0.1) is 13.7 Å². The van der Waals surface area contributed by atoms with Crippen LogP contribution >= 0.6 is 0 Å². The highest BCUT2D eigenvalue weighted by atomic mass is 16.5. The number of hydrogen-bond donors (Lipinski definition) is 1. The van der Waals surface area contributed by atoms with Crippen LogP contribution in [0, 0.1) is 12.3 Å². The van der Waals surface area contributed by atoms with Gasteiger partial charge in [-0.05, 0) is 55.3 Å². The third-order valence-electron chi connectivity index (χ3n) is 3.74. The molecule has 0 aliphatic rings. The molecular weight excluding hydrogens is 326 g/mol. The number of rotatable bonds is 10. The fraction of sp³-hybridized carbons (Fsp3) is 0.273. The molecule has 4 heteroatoms. The van der Waals surface area contributed by atoms with E-state index in [4.69, 9.17) is 20.6 Å². The molecule has 0 aliphatic heterocycles. The fourth-order valence-electron chi connectivity index (χ4n) is 2.60. The van der Waals surface area contributed by atoms with Crippen LogP contribution in [0.3, 0.4) is 0 Å². The Balaban J connectivity index is 2.16. The summed E-state index contributed by atoms with van der Waals surface area (Å²) >= 11 is 0. The summed E-state index contributed by atoms with van der Waals surface area (Å²) < 4.78 is 16.6. The van der Waals surface area contributed by atoms with Gasteiger partial charge in [0, 0.05) is 17.8 Å². The molecule has 0 bridgehead atoms. The van der Waals surface area contributed by atoms with E-state index in [0.717, 1.165) is 22.6 Å². The summed E-state index contributed by atoms with van der Waals surface area (Å²) in [6.07, 6.45) is 7.82. The van der Waals surface area contributed by atoms with E-state index in [0.29, 0.717) is 31.1 Å². The molecule has 0 fully saturated rings. The number of benzene rings is 2. The van der Waals surface area contributed by atoms with Crippen LogP contribution in [-0.4, -0.2) is 20.3 Å². The zero-order chi connectivity index (χ0) is 18.8. The summed E-state index contributed by atoms with van der Waals surface area (Å²) in [6, 6.07) is 11.9. The second-order valence-corrected chi connectivity index (χ2v) is 5.58. The van der Waals surface area contributed by atoms with Crippen LogP contribution in [-0.2, 0) is 13.0 Å². The van der Waals surface area contributed by atoms with Gasteiger partial charge in [0.1, 0.15) is 12.4 Å². The fourth-order valence-corrected chi connectivity index (χ4v) is 2.60. The van der Waals surface area contributed by atoms with E-state index in [-0.39, 0.29) is 6.61 Å². The van der Waals surface area contributed by atoms with Crippen molar-refractivity contribution in [2.45, 2.75) is 19.9 Å². The van der Waals surface area contributed by atoms with Crippen molar-refractivity contribution in [3.8, 4) is 29.6 Å². The molecule has 0 heterocycles. The zero-order valence-electron chi connectivity index (χ0n) is 15.4. The van der Waals surface area contributed by atoms with Crippen LogP contribution < -0.4 is 19.5 Å². The zero-order valence-corrected chi connectivity index (χ0v) is 15.4. The summed E-state index contributed by atoms with van der Waals surface area (Å²) in [7, 11) is 1.62. The molecule has 0 saturated heterocycles. The highest BCUT2D eigenvalue weighted by Gasteiger charge is 2.12. The van der Waals surface area contributed by atoms with Crippen molar-refractivity contribution < 1.29 is 14.2 Å². The Hall–Kier alpha value is -3.06. The predicted octanol–water partition coefficient (Wildman–Crippen LogP) is 4.45. The quantitative estimate of drug-likeness (QED) is 0.507. The van der Waals surface area contributed by atoms with Gasteiger partial charge in [-0.3, -0.25) is 0 Å². The van der Waals surface area contributed by atoms with Crippen molar-refractivity contribution in [1.29, 1.82) is 0 Å². The van der Waals surface area contributed by atoms with Gasteiger partial charge in [-0.15, -0.1) is 13.0 Å². The Labute approximate surface area is 155 Å². The number of ether oxygens (including phenoxy) is 3. The van der Waals surface area contributed by atoms with E-state index >= 15 is 0 Å². The first-order chi connectivity index (χ1) is 12.7. The molecule has 0 radical (unpaired) electrons. The minimum Gasteiger partial charge on any atom is -0.494 e. The lowest BCUT2D eigenvalue weighted by Crippen LogP contribution is -2.05. The summed E-state index contributed by atoms with van der Waals surface area (Å²) in [5.41, 5.74) is 3.10. The Bertz CT molecular complexity index is 760. The van der Waals surface area contributed by atoms with E-state index in [2.05, 4.69) is 23.9 Å². The topological polar surface area (TPSA) is 39.7 Å². The molecule has 1 N–H and O–H groups in total. The van der Waals surface area contributed by atoms with Crippen molar-refractivity contribution in [2.75, 3.05) is 25.6 Å². The lowest BCUT2D eigenvalue weighted by Gasteiger charge is -2.16. The maximum absolute atomic E-state index is 5.67. The van der Waals surface area contributed by atoms with Gasteiger partial charge in [-0.25, -0.2) is 0 Å². The van der Waals surface area contributed by atoms with Gasteiger partial charge in [0.25, 0.3) is 0 Å². The monoisotopic (exact) mass is 351 g/mol. The highest BCUT2D eigenvalue weighted by molar-refractivity contribution is 5.52. The first-order valence-corrected chi connectivity index (χ1v) is 8.55. The lowest BCUT2D eigenvalue weighted by atomic mass is 10.1. The molecule has 0 spiro atoms. The van der Waals surface area contributed by atoms with E-state index in [1.165, 1.54) is 0 Å². The molecule has 0 amide bonds. The summed E-state index contributed by atoms with van der Waals surface area (Å²) in [4.78, 5) is 0. The average molecular weight is 351 g/mol. The second kappa shape index (κ2) is 10.0. The van der Waals surface area contributed by atoms with E-state index < -0.39 is 0 Å². The lowest BCUT2D eigenvalue weighted by molar-refractivity contribution is 0.328. The Kier molecular flexibility index (Phi) is 7.45. The number of anilines is 1. The van der Waals surface area contributed by atoms with Crippen LogP contribution in [0.1, 0.15) is 18.1 Å². The molecule has 2 aromatic rings. The average Bonchev–Trinajstić information content (AvgIpc) is 2.66. The third kappa shape index (κ3) is 5.22. The van der Waals surface area contributed by atoms with Crippen molar-refractivity contribution in [2.24, 2.45) is 0 Å². The molecular formula is C22H25NO3. The van der Waals surface area contributed by atoms with Gasteiger partial charge < -0.3 is 19.5 Å². The molecule has 0 aromatic heterocycles. The smallest absolute Gasteiger partial charge is 0.166 e. The van der Waals surface area contributed by atoms with Crippen molar-refractivity contribution in [1.82, 2.24) is 0 Å². The minimum atomic E-state index is 0.199. The molecule has 2 rings (SSSR count). The minimum absolute atomic E-state index is 0.199. The molecule has 4 nitrogen and oxygen atoms in total. The van der Waals surface area contributed by atoms with Crippen LogP contribution in [0.2, 0.25) is 0 Å². The van der Waals surface area contributed by atoms with Gasteiger partial charge in [0.2, 0.25) is 0 Å². The van der Waals surface area contributed by atoms with Crippen LogP contribution in [0.25, 0.3) is 0 Å². The van der Waals surface area contributed by atoms with E-state index in [1.54, 1.807) is 7.11 Å².